The number of halogens is 1. The van der Waals surface area contributed by atoms with Gasteiger partial charge in [0, 0.05) is 30.8 Å². The molecule has 0 amide bonds. The van der Waals surface area contributed by atoms with E-state index < -0.39 is 5.60 Å². The van der Waals surface area contributed by atoms with E-state index in [-0.39, 0.29) is 18.3 Å². The number of aldehydes is 1. The van der Waals surface area contributed by atoms with E-state index >= 15 is 0 Å². The van der Waals surface area contributed by atoms with Crippen LogP contribution < -0.4 is 9.64 Å². The Morgan fingerprint density at radius 1 is 1.30 bits per heavy atom. The fraction of sp³-hybridized carbons (Fsp3) is 0.429. The lowest BCUT2D eigenvalue weighted by molar-refractivity contribution is -0.111. The molecular formula is C21H25FN2O3. The molecular weight excluding hydrogens is 347 g/mol. The Morgan fingerprint density at radius 3 is 2.70 bits per heavy atom. The van der Waals surface area contributed by atoms with Gasteiger partial charge < -0.3 is 19.5 Å². The first-order valence-corrected chi connectivity index (χ1v) is 9.17. The number of aliphatic hydroxyl groups is 1. The number of rotatable bonds is 6. The summed E-state index contributed by atoms with van der Waals surface area (Å²) in [6.07, 6.45) is 4.31. The average Bonchev–Trinajstić information content (AvgIpc) is 2.67. The van der Waals surface area contributed by atoms with Crippen LogP contribution >= 0.6 is 0 Å². The Morgan fingerprint density at radius 2 is 2.04 bits per heavy atom. The second-order valence-corrected chi connectivity index (χ2v) is 7.61. The minimum absolute atomic E-state index is 0.116. The molecule has 1 saturated heterocycles. The highest BCUT2D eigenvalue weighted by Gasteiger charge is 2.20. The zero-order valence-corrected chi connectivity index (χ0v) is 15.7. The van der Waals surface area contributed by atoms with Crippen molar-refractivity contribution >= 4 is 12.1 Å². The number of benzene rings is 1. The third-order valence-corrected chi connectivity index (χ3v) is 4.64. The van der Waals surface area contributed by atoms with Gasteiger partial charge in [-0.1, -0.05) is 0 Å². The molecule has 1 aromatic heterocycles. The topological polar surface area (TPSA) is 62.7 Å². The third kappa shape index (κ3) is 5.04. The predicted octanol–water partition coefficient (Wildman–Crippen LogP) is 3.45. The number of carbonyl (C=O) groups excluding carboxylic acids is 1. The molecule has 27 heavy (non-hydrogen) atoms. The van der Waals surface area contributed by atoms with E-state index in [4.69, 9.17) is 4.74 Å². The zero-order valence-electron chi connectivity index (χ0n) is 15.7. The molecule has 3 rings (SSSR count). The predicted molar refractivity (Wildman–Crippen MR) is 102 cm³/mol. The SMILES string of the molecule is CC(C)(O)COc1ccc(F)c(-c2ccnc(N3CCC(C=O)CC3)c2)c1. The smallest absolute Gasteiger partial charge is 0.131 e. The average molecular weight is 372 g/mol. The Kier molecular flexibility index (Phi) is 5.75. The van der Waals surface area contributed by atoms with Gasteiger partial charge in [-0.15, -0.1) is 0 Å². The van der Waals surface area contributed by atoms with E-state index in [1.165, 1.54) is 6.07 Å². The summed E-state index contributed by atoms with van der Waals surface area (Å²) < 4.78 is 20.0. The van der Waals surface area contributed by atoms with Crippen molar-refractivity contribution in [3.8, 4) is 16.9 Å². The van der Waals surface area contributed by atoms with Crippen molar-refractivity contribution in [1.82, 2.24) is 4.98 Å². The van der Waals surface area contributed by atoms with Gasteiger partial charge in [-0.25, -0.2) is 9.37 Å². The number of piperidine rings is 1. The summed E-state index contributed by atoms with van der Waals surface area (Å²) in [5.74, 6) is 1.05. The summed E-state index contributed by atoms with van der Waals surface area (Å²) >= 11 is 0. The van der Waals surface area contributed by atoms with Gasteiger partial charge in [-0.2, -0.15) is 0 Å². The molecule has 2 aromatic rings. The quantitative estimate of drug-likeness (QED) is 0.787. The molecule has 0 aliphatic carbocycles. The summed E-state index contributed by atoms with van der Waals surface area (Å²) in [6.45, 7) is 4.94. The number of anilines is 1. The fourth-order valence-electron chi connectivity index (χ4n) is 3.10. The van der Waals surface area contributed by atoms with E-state index in [0.29, 0.717) is 16.9 Å². The van der Waals surface area contributed by atoms with Crippen molar-refractivity contribution in [3.63, 3.8) is 0 Å². The lowest BCUT2D eigenvalue weighted by atomic mass is 9.98. The number of hydrogen-bond donors (Lipinski definition) is 1. The van der Waals surface area contributed by atoms with E-state index in [1.54, 1.807) is 38.2 Å². The molecule has 2 heterocycles. The van der Waals surface area contributed by atoms with Crippen LogP contribution in [0.2, 0.25) is 0 Å². The van der Waals surface area contributed by atoms with Gasteiger partial charge in [0.2, 0.25) is 0 Å². The van der Waals surface area contributed by atoms with Gasteiger partial charge in [0.05, 0.1) is 5.60 Å². The number of nitrogens with zero attached hydrogens (tertiary/aromatic N) is 2. The van der Waals surface area contributed by atoms with Crippen molar-refractivity contribution in [2.45, 2.75) is 32.3 Å². The van der Waals surface area contributed by atoms with Gasteiger partial charge in [0.15, 0.2) is 0 Å². The maximum absolute atomic E-state index is 14.4. The molecule has 0 radical (unpaired) electrons. The van der Waals surface area contributed by atoms with Crippen LogP contribution in [0.25, 0.3) is 11.1 Å². The number of ether oxygens (including phenoxy) is 1. The fourth-order valence-corrected chi connectivity index (χ4v) is 3.10. The second-order valence-electron chi connectivity index (χ2n) is 7.61. The van der Waals surface area contributed by atoms with E-state index in [0.717, 1.165) is 38.0 Å². The number of aromatic nitrogens is 1. The van der Waals surface area contributed by atoms with Crippen molar-refractivity contribution in [1.29, 1.82) is 0 Å². The number of carbonyl (C=O) groups is 1. The highest BCUT2D eigenvalue weighted by molar-refractivity contribution is 5.68. The minimum atomic E-state index is -0.966. The molecule has 1 aromatic carbocycles. The number of pyridine rings is 1. The first kappa shape index (κ1) is 19.3. The van der Waals surface area contributed by atoms with E-state index in [2.05, 4.69) is 9.88 Å². The molecule has 144 valence electrons. The molecule has 6 heteroatoms. The molecule has 1 aliphatic heterocycles. The van der Waals surface area contributed by atoms with Crippen LogP contribution in [0.15, 0.2) is 36.5 Å². The van der Waals surface area contributed by atoms with Crippen LogP contribution in [0.5, 0.6) is 5.75 Å². The van der Waals surface area contributed by atoms with Crippen LogP contribution in [-0.2, 0) is 4.79 Å². The van der Waals surface area contributed by atoms with Crippen molar-refractivity contribution in [2.75, 3.05) is 24.6 Å². The van der Waals surface area contributed by atoms with Gasteiger partial charge in [-0.05, 0) is 62.6 Å². The third-order valence-electron chi connectivity index (χ3n) is 4.64. The van der Waals surface area contributed by atoms with Gasteiger partial charge in [0.1, 0.15) is 30.3 Å². The number of hydrogen-bond acceptors (Lipinski definition) is 5. The summed E-state index contributed by atoms with van der Waals surface area (Å²) in [4.78, 5) is 17.5. The largest absolute Gasteiger partial charge is 0.491 e. The summed E-state index contributed by atoms with van der Waals surface area (Å²) in [7, 11) is 0. The molecule has 0 atom stereocenters. The Hall–Kier alpha value is -2.47. The summed E-state index contributed by atoms with van der Waals surface area (Å²) in [6, 6.07) is 8.18. The Labute approximate surface area is 158 Å². The van der Waals surface area contributed by atoms with Crippen molar-refractivity contribution < 1.29 is 19.0 Å². The van der Waals surface area contributed by atoms with E-state index in [1.807, 2.05) is 6.07 Å². The van der Waals surface area contributed by atoms with Crippen LogP contribution in [0.1, 0.15) is 26.7 Å². The molecule has 0 spiro atoms. The van der Waals surface area contributed by atoms with Crippen molar-refractivity contribution in [2.24, 2.45) is 5.92 Å². The first-order valence-electron chi connectivity index (χ1n) is 9.17. The molecule has 1 aliphatic rings. The molecule has 0 saturated carbocycles. The maximum atomic E-state index is 14.4. The second kappa shape index (κ2) is 8.05. The molecule has 0 bridgehead atoms. The van der Waals surface area contributed by atoms with Gasteiger partial charge in [0.25, 0.3) is 0 Å². The molecule has 0 unspecified atom stereocenters. The summed E-state index contributed by atoms with van der Waals surface area (Å²) in [5, 5.41) is 9.80. The Bertz CT molecular complexity index is 796. The van der Waals surface area contributed by atoms with Crippen LogP contribution in [-0.4, -0.2) is 41.7 Å². The standard InChI is InChI=1S/C21H25FN2O3/c1-21(2,26)14-27-17-3-4-19(22)18(12-17)16-5-8-23-20(11-16)24-9-6-15(13-25)7-10-24/h3-5,8,11-13,15,26H,6-7,9-10,14H2,1-2H3. The van der Waals surface area contributed by atoms with Gasteiger partial charge in [-0.3, -0.25) is 0 Å². The Balaban J connectivity index is 1.81. The molecule has 1 fully saturated rings. The summed E-state index contributed by atoms with van der Waals surface area (Å²) in [5.41, 5.74) is 0.171. The van der Waals surface area contributed by atoms with Crippen LogP contribution in [0.4, 0.5) is 10.2 Å². The lowest BCUT2D eigenvalue weighted by Crippen LogP contribution is -2.34. The minimum Gasteiger partial charge on any atom is -0.491 e. The maximum Gasteiger partial charge on any atom is 0.131 e. The highest BCUT2D eigenvalue weighted by atomic mass is 19.1. The first-order chi connectivity index (χ1) is 12.9. The highest BCUT2D eigenvalue weighted by Crippen LogP contribution is 2.30. The molecule has 5 nitrogen and oxygen atoms in total. The van der Waals surface area contributed by atoms with Crippen LogP contribution in [0.3, 0.4) is 0 Å². The zero-order chi connectivity index (χ0) is 19.4. The van der Waals surface area contributed by atoms with Crippen LogP contribution in [0, 0.1) is 11.7 Å². The normalized spacial score (nSPS) is 15.6. The monoisotopic (exact) mass is 372 g/mol. The van der Waals surface area contributed by atoms with E-state index in [9.17, 15) is 14.3 Å². The molecule has 1 N–H and O–H groups in total. The lowest BCUT2D eigenvalue weighted by Gasteiger charge is -2.30. The van der Waals surface area contributed by atoms with Crippen molar-refractivity contribution in [3.05, 3.63) is 42.3 Å². The van der Waals surface area contributed by atoms with Gasteiger partial charge >= 0.3 is 0 Å².